The van der Waals surface area contributed by atoms with E-state index in [-0.39, 0.29) is 31.2 Å². The molecular formula is C8H14BF3NO-. The molecule has 1 aliphatic heterocycles. The average Bonchev–Trinajstić information content (AvgIpc) is 2.06. The van der Waals surface area contributed by atoms with Crippen LogP contribution in [0.4, 0.5) is 12.9 Å². The van der Waals surface area contributed by atoms with Crippen molar-refractivity contribution in [3.05, 3.63) is 0 Å². The summed E-state index contributed by atoms with van der Waals surface area (Å²) in [4.78, 5) is 12.6. The number of nitrogens with zero attached hydrogens (tertiary/aromatic N) is 1. The van der Waals surface area contributed by atoms with Crippen LogP contribution in [-0.4, -0.2) is 37.2 Å². The Bertz CT molecular complexity index is 219. The lowest BCUT2D eigenvalue weighted by Gasteiger charge is -2.34. The molecule has 6 heteroatoms. The summed E-state index contributed by atoms with van der Waals surface area (Å²) in [6.07, 6.45) is 0.0780. The average molecular weight is 208 g/mol. The Morgan fingerprint density at radius 3 is 2.64 bits per heavy atom. The first kappa shape index (κ1) is 11.6. The highest BCUT2D eigenvalue weighted by molar-refractivity contribution is 6.58. The molecule has 2 nitrogen and oxygen atoms in total. The Kier molecular flexibility index (Phi) is 3.58. The van der Waals surface area contributed by atoms with Gasteiger partial charge >= 0.3 is 6.98 Å². The molecule has 0 aromatic heterocycles. The molecule has 0 radical (unpaired) electrons. The fourth-order valence-electron chi connectivity index (χ4n) is 1.79. The monoisotopic (exact) mass is 208 g/mol. The van der Waals surface area contributed by atoms with Crippen molar-refractivity contribution in [3.8, 4) is 0 Å². The molecule has 0 aromatic rings. The van der Waals surface area contributed by atoms with Gasteiger partial charge in [0.05, 0.1) is 0 Å². The molecule has 1 saturated heterocycles. The number of carbonyl (C=O) groups excluding carboxylic acids is 1. The zero-order valence-electron chi connectivity index (χ0n) is 8.18. The molecule has 1 heterocycles. The van der Waals surface area contributed by atoms with Gasteiger partial charge in [0.2, 0.25) is 0 Å². The van der Waals surface area contributed by atoms with Crippen LogP contribution in [0.2, 0.25) is 0 Å². The van der Waals surface area contributed by atoms with Crippen LogP contribution in [0.15, 0.2) is 0 Å². The summed E-state index contributed by atoms with van der Waals surface area (Å²) >= 11 is 0. The lowest BCUT2D eigenvalue weighted by atomic mass is 9.87. The van der Waals surface area contributed by atoms with Crippen LogP contribution in [0.5, 0.6) is 0 Å². The minimum atomic E-state index is -4.76. The highest BCUT2D eigenvalue weighted by atomic mass is 19.4. The highest BCUT2D eigenvalue weighted by Gasteiger charge is 2.31. The molecule has 0 bridgehead atoms. The lowest BCUT2D eigenvalue weighted by Crippen LogP contribution is -2.46. The normalized spacial score (nSPS) is 25.4. The zero-order chi connectivity index (χ0) is 10.8. The quantitative estimate of drug-likeness (QED) is 0.657. The van der Waals surface area contributed by atoms with E-state index in [4.69, 9.17) is 0 Å². The van der Waals surface area contributed by atoms with E-state index >= 15 is 0 Å². The second-order valence-corrected chi connectivity index (χ2v) is 3.79. The Labute approximate surface area is 81.5 Å². The molecule has 0 amide bonds. The van der Waals surface area contributed by atoms with Gasteiger partial charge in [-0.05, 0) is 12.9 Å². The predicted molar refractivity (Wildman–Crippen MR) is 48.9 cm³/mol. The number of hydrogen-bond acceptors (Lipinski definition) is 2. The van der Waals surface area contributed by atoms with E-state index in [2.05, 4.69) is 0 Å². The van der Waals surface area contributed by atoms with Gasteiger partial charge in [-0.3, -0.25) is 4.79 Å². The third-order valence-corrected chi connectivity index (χ3v) is 2.57. The van der Waals surface area contributed by atoms with Crippen LogP contribution in [0.25, 0.3) is 0 Å². The van der Waals surface area contributed by atoms with Crippen molar-refractivity contribution in [2.24, 2.45) is 5.92 Å². The summed E-state index contributed by atoms with van der Waals surface area (Å²) in [5.74, 6) is -0.0830. The van der Waals surface area contributed by atoms with Crippen molar-refractivity contribution in [2.75, 3.05) is 19.5 Å². The van der Waals surface area contributed by atoms with Gasteiger partial charge in [0.1, 0.15) is 5.78 Å². The molecule has 14 heavy (non-hydrogen) atoms. The van der Waals surface area contributed by atoms with Gasteiger partial charge < -0.3 is 17.8 Å². The maximum Gasteiger partial charge on any atom is 0.492 e. The van der Waals surface area contributed by atoms with E-state index in [1.54, 1.807) is 0 Å². The number of ketones is 1. The van der Waals surface area contributed by atoms with E-state index in [9.17, 15) is 17.7 Å². The topological polar surface area (TPSA) is 20.3 Å². The third kappa shape index (κ3) is 3.33. The third-order valence-electron chi connectivity index (χ3n) is 2.57. The molecule has 1 rings (SSSR count). The minimum absolute atomic E-state index is 0.110. The lowest BCUT2D eigenvalue weighted by molar-refractivity contribution is -0.126. The van der Waals surface area contributed by atoms with Gasteiger partial charge in [0.25, 0.3) is 0 Å². The first-order valence-electron chi connectivity index (χ1n) is 4.88. The van der Waals surface area contributed by atoms with Gasteiger partial charge in [-0.15, -0.1) is 0 Å². The number of hydrogen-bond donors (Lipinski definition) is 0. The van der Waals surface area contributed by atoms with Crippen molar-refractivity contribution in [3.63, 3.8) is 0 Å². The summed E-state index contributed by atoms with van der Waals surface area (Å²) in [6.45, 7) is -2.38. The molecule has 0 aromatic carbocycles. The van der Waals surface area contributed by atoms with Crippen molar-refractivity contribution >= 4 is 12.8 Å². The van der Waals surface area contributed by atoms with Crippen LogP contribution in [0.1, 0.15) is 19.8 Å². The number of Topliss-reactive ketones (excluding diaryl/α,β-unsaturated/α-hetero) is 1. The summed E-state index contributed by atoms with van der Waals surface area (Å²) in [7, 11) is 0. The molecule has 0 aliphatic carbocycles. The van der Waals surface area contributed by atoms with Crippen molar-refractivity contribution in [1.29, 1.82) is 0 Å². The molecule has 0 saturated carbocycles. The largest absolute Gasteiger partial charge is 0.492 e. The van der Waals surface area contributed by atoms with E-state index in [0.29, 0.717) is 6.42 Å². The van der Waals surface area contributed by atoms with Crippen LogP contribution >= 0.6 is 0 Å². The van der Waals surface area contributed by atoms with E-state index in [1.165, 1.54) is 4.90 Å². The number of piperidine rings is 1. The summed E-state index contributed by atoms with van der Waals surface area (Å²) in [6, 6.07) is 0. The fourth-order valence-corrected chi connectivity index (χ4v) is 1.79. The van der Waals surface area contributed by atoms with E-state index in [1.807, 2.05) is 6.92 Å². The van der Waals surface area contributed by atoms with Crippen molar-refractivity contribution in [1.82, 2.24) is 4.90 Å². The molecule has 1 unspecified atom stereocenters. The van der Waals surface area contributed by atoms with Gasteiger partial charge in [-0.25, -0.2) is 0 Å². The highest BCUT2D eigenvalue weighted by Crippen LogP contribution is 2.19. The Morgan fingerprint density at radius 1 is 1.50 bits per heavy atom. The minimum Gasteiger partial charge on any atom is -0.448 e. The number of carbonyl (C=O) groups is 1. The SMILES string of the molecule is CCC1CN(C[B-](F)(F)F)CCC1=O. The van der Waals surface area contributed by atoms with Crippen LogP contribution in [0.3, 0.4) is 0 Å². The maximum absolute atomic E-state index is 12.1. The smallest absolute Gasteiger partial charge is 0.448 e. The van der Waals surface area contributed by atoms with Crippen molar-refractivity contribution in [2.45, 2.75) is 19.8 Å². The van der Waals surface area contributed by atoms with Crippen LogP contribution < -0.4 is 0 Å². The Morgan fingerprint density at radius 2 is 2.14 bits per heavy atom. The summed E-state index contributed by atoms with van der Waals surface area (Å²) in [5.41, 5.74) is 0. The summed E-state index contributed by atoms with van der Waals surface area (Å²) in [5, 5.41) is 0. The number of halogens is 3. The Hall–Kier alpha value is -0.515. The Balaban J connectivity index is 2.47. The van der Waals surface area contributed by atoms with Gasteiger partial charge in [0.15, 0.2) is 0 Å². The number of likely N-dealkylation sites (tertiary alicyclic amines) is 1. The molecule has 1 aliphatic rings. The van der Waals surface area contributed by atoms with Gasteiger partial charge in [0, 0.05) is 25.4 Å². The number of rotatable bonds is 3. The van der Waals surface area contributed by atoms with Crippen LogP contribution in [-0.2, 0) is 4.79 Å². The molecule has 0 N–H and O–H groups in total. The van der Waals surface area contributed by atoms with Gasteiger partial charge in [-0.2, -0.15) is 0 Å². The second-order valence-electron chi connectivity index (χ2n) is 3.79. The van der Waals surface area contributed by atoms with E-state index < -0.39 is 13.4 Å². The van der Waals surface area contributed by atoms with E-state index in [0.717, 1.165) is 0 Å². The fraction of sp³-hybridized carbons (Fsp3) is 0.875. The zero-order valence-corrected chi connectivity index (χ0v) is 8.18. The van der Waals surface area contributed by atoms with Crippen molar-refractivity contribution < 1.29 is 17.7 Å². The standard InChI is InChI=1S/C8H14BF3NO/c1-2-7-5-13(4-3-8(7)14)6-9(10,11)12/h7H,2-6H2,1H3/q-1. The predicted octanol–water partition coefficient (Wildman–Crippen LogP) is 1.67. The maximum atomic E-state index is 12.1. The summed E-state index contributed by atoms with van der Waals surface area (Å²) < 4.78 is 36.3. The molecular weight excluding hydrogens is 194 g/mol. The van der Waals surface area contributed by atoms with Crippen LogP contribution in [0, 0.1) is 5.92 Å². The second kappa shape index (κ2) is 4.34. The molecule has 82 valence electrons. The molecule has 1 atom stereocenters. The molecule has 1 fully saturated rings. The van der Waals surface area contributed by atoms with Gasteiger partial charge in [-0.1, -0.05) is 6.92 Å². The first-order chi connectivity index (χ1) is 6.42. The molecule has 0 spiro atoms. The first-order valence-corrected chi connectivity index (χ1v) is 4.88.